The summed E-state index contributed by atoms with van der Waals surface area (Å²) in [4.78, 5) is 11.4. The van der Waals surface area contributed by atoms with Gasteiger partial charge in [0.25, 0.3) is 0 Å². The molecule has 1 aliphatic heterocycles. The maximum Gasteiger partial charge on any atom is 0.316 e. The summed E-state index contributed by atoms with van der Waals surface area (Å²) in [7, 11) is 0. The zero-order chi connectivity index (χ0) is 9.03. The van der Waals surface area contributed by atoms with Crippen molar-refractivity contribution in [1.82, 2.24) is 0 Å². The van der Waals surface area contributed by atoms with Crippen LogP contribution < -0.4 is 0 Å². The van der Waals surface area contributed by atoms with Crippen LogP contribution >= 0.6 is 0 Å². The summed E-state index contributed by atoms with van der Waals surface area (Å²) in [5.74, 6) is -0.0851. The third-order valence-electron chi connectivity index (χ3n) is 2.19. The average molecular weight is 172 g/mol. The second-order valence-electron chi connectivity index (χ2n) is 3.24. The van der Waals surface area contributed by atoms with Gasteiger partial charge in [-0.05, 0) is 13.3 Å². The first-order valence-electron chi connectivity index (χ1n) is 4.50. The number of rotatable bonds is 4. The summed E-state index contributed by atoms with van der Waals surface area (Å²) in [5.41, 5.74) is -0.301. The molecule has 1 rings (SSSR count). The Balaban J connectivity index is 2.47. The van der Waals surface area contributed by atoms with Crippen LogP contribution in [0.4, 0.5) is 0 Å². The van der Waals surface area contributed by atoms with E-state index in [0.29, 0.717) is 19.8 Å². The Morgan fingerprint density at radius 3 is 2.50 bits per heavy atom. The van der Waals surface area contributed by atoms with Crippen molar-refractivity contribution >= 4 is 5.97 Å². The van der Waals surface area contributed by atoms with Gasteiger partial charge in [0.1, 0.15) is 5.41 Å². The number of carbonyl (C=O) groups is 1. The third kappa shape index (κ3) is 1.61. The lowest BCUT2D eigenvalue weighted by atomic mass is 9.81. The fourth-order valence-corrected chi connectivity index (χ4v) is 1.48. The third-order valence-corrected chi connectivity index (χ3v) is 2.19. The topological polar surface area (TPSA) is 35.5 Å². The van der Waals surface area contributed by atoms with Gasteiger partial charge in [-0.25, -0.2) is 0 Å². The first-order chi connectivity index (χ1) is 5.75. The second-order valence-corrected chi connectivity index (χ2v) is 3.24. The maximum atomic E-state index is 11.4. The van der Waals surface area contributed by atoms with Crippen molar-refractivity contribution < 1.29 is 14.3 Å². The van der Waals surface area contributed by atoms with Crippen LogP contribution in [0.1, 0.15) is 26.7 Å². The molecule has 0 N–H and O–H groups in total. The monoisotopic (exact) mass is 172 g/mol. The number of carbonyl (C=O) groups excluding carboxylic acids is 1. The Kier molecular flexibility index (Phi) is 3.09. The predicted molar refractivity (Wildman–Crippen MR) is 44.8 cm³/mol. The van der Waals surface area contributed by atoms with E-state index in [0.717, 1.165) is 12.8 Å². The molecular formula is C9H16O3. The molecule has 0 atom stereocenters. The van der Waals surface area contributed by atoms with E-state index in [1.165, 1.54) is 0 Å². The predicted octanol–water partition coefficient (Wildman–Crippen LogP) is 1.37. The van der Waals surface area contributed by atoms with E-state index in [1.807, 2.05) is 6.92 Å². The molecule has 1 heterocycles. The van der Waals surface area contributed by atoms with E-state index in [2.05, 4.69) is 6.92 Å². The van der Waals surface area contributed by atoms with Crippen molar-refractivity contribution in [2.45, 2.75) is 26.7 Å². The summed E-state index contributed by atoms with van der Waals surface area (Å²) < 4.78 is 10.0. The van der Waals surface area contributed by atoms with E-state index < -0.39 is 0 Å². The summed E-state index contributed by atoms with van der Waals surface area (Å²) in [6, 6.07) is 0. The Labute approximate surface area is 73.0 Å². The minimum absolute atomic E-state index is 0.0851. The molecule has 0 spiro atoms. The van der Waals surface area contributed by atoms with Crippen LogP contribution in [-0.4, -0.2) is 25.8 Å². The minimum Gasteiger partial charge on any atom is -0.465 e. The van der Waals surface area contributed by atoms with Gasteiger partial charge in [-0.2, -0.15) is 0 Å². The van der Waals surface area contributed by atoms with Gasteiger partial charge in [0.15, 0.2) is 0 Å². The smallest absolute Gasteiger partial charge is 0.316 e. The molecule has 0 aromatic rings. The van der Waals surface area contributed by atoms with Crippen LogP contribution in [0.2, 0.25) is 0 Å². The molecule has 0 aliphatic carbocycles. The van der Waals surface area contributed by atoms with Crippen molar-refractivity contribution in [3.8, 4) is 0 Å². The molecule has 0 amide bonds. The zero-order valence-electron chi connectivity index (χ0n) is 7.76. The van der Waals surface area contributed by atoms with Crippen molar-refractivity contribution in [3.63, 3.8) is 0 Å². The van der Waals surface area contributed by atoms with Crippen LogP contribution in [0.25, 0.3) is 0 Å². The second kappa shape index (κ2) is 3.90. The molecular weight excluding hydrogens is 156 g/mol. The van der Waals surface area contributed by atoms with Crippen LogP contribution in [-0.2, 0) is 14.3 Å². The van der Waals surface area contributed by atoms with Gasteiger partial charge in [0.2, 0.25) is 0 Å². The van der Waals surface area contributed by atoms with E-state index in [-0.39, 0.29) is 11.4 Å². The molecule has 0 unspecified atom stereocenters. The Bertz CT molecular complexity index is 161. The van der Waals surface area contributed by atoms with Crippen molar-refractivity contribution in [3.05, 3.63) is 0 Å². The minimum atomic E-state index is -0.301. The number of esters is 1. The van der Waals surface area contributed by atoms with E-state index >= 15 is 0 Å². The van der Waals surface area contributed by atoms with Gasteiger partial charge >= 0.3 is 5.97 Å². The van der Waals surface area contributed by atoms with E-state index in [9.17, 15) is 4.79 Å². The van der Waals surface area contributed by atoms with Gasteiger partial charge in [0, 0.05) is 0 Å². The average Bonchev–Trinajstić information content (AvgIpc) is 1.97. The number of ether oxygens (including phenoxy) is 2. The molecule has 0 bridgehead atoms. The van der Waals surface area contributed by atoms with Crippen molar-refractivity contribution in [1.29, 1.82) is 0 Å². The molecule has 70 valence electrons. The lowest BCUT2D eigenvalue weighted by Gasteiger charge is -2.38. The highest BCUT2D eigenvalue weighted by molar-refractivity contribution is 5.78. The van der Waals surface area contributed by atoms with E-state index in [4.69, 9.17) is 9.47 Å². The van der Waals surface area contributed by atoms with Gasteiger partial charge in [0.05, 0.1) is 19.8 Å². The van der Waals surface area contributed by atoms with Crippen LogP contribution in [0, 0.1) is 5.41 Å². The fraction of sp³-hybridized carbons (Fsp3) is 0.889. The van der Waals surface area contributed by atoms with Gasteiger partial charge in [-0.3, -0.25) is 4.79 Å². The summed E-state index contributed by atoms with van der Waals surface area (Å²) in [6.45, 7) is 5.44. The van der Waals surface area contributed by atoms with Crippen LogP contribution in [0.3, 0.4) is 0 Å². The molecule has 3 heteroatoms. The molecule has 1 aliphatic rings. The van der Waals surface area contributed by atoms with Gasteiger partial charge in [-0.1, -0.05) is 13.3 Å². The lowest BCUT2D eigenvalue weighted by molar-refractivity contribution is -0.187. The molecule has 0 aromatic carbocycles. The highest BCUT2D eigenvalue weighted by atomic mass is 16.6. The molecule has 1 saturated heterocycles. The summed E-state index contributed by atoms with van der Waals surface area (Å²) >= 11 is 0. The van der Waals surface area contributed by atoms with E-state index in [1.54, 1.807) is 0 Å². The first-order valence-corrected chi connectivity index (χ1v) is 4.50. The highest BCUT2D eigenvalue weighted by Crippen LogP contribution is 2.33. The molecule has 0 radical (unpaired) electrons. The highest BCUT2D eigenvalue weighted by Gasteiger charge is 2.46. The Hall–Kier alpha value is -0.570. The molecule has 0 saturated carbocycles. The van der Waals surface area contributed by atoms with Crippen molar-refractivity contribution in [2.24, 2.45) is 5.41 Å². The summed E-state index contributed by atoms with van der Waals surface area (Å²) in [6.07, 6.45) is 1.88. The SMILES string of the molecule is CCCC1(C(=O)OCC)COC1. The van der Waals surface area contributed by atoms with Gasteiger partial charge in [-0.15, -0.1) is 0 Å². The quantitative estimate of drug-likeness (QED) is 0.601. The molecule has 12 heavy (non-hydrogen) atoms. The van der Waals surface area contributed by atoms with Crippen LogP contribution in [0.15, 0.2) is 0 Å². The summed E-state index contributed by atoms with van der Waals surface area (Å²) in [5, 5.41) is 0. The fourth-order valence-electron chi connectivity index (χ4n) is 1.48. The zero-order valence-corrected chi connectivity index (χ0v) is 7.76. The molecule has 0 aromatic heterocycles. The first kappa shape index (κ1) is 9.52. The Morgan fingerprint density at radius 2 is 2.17 bits per heavy atom. The number of hydrogen-bond acceptors (Lipinski definition) is 3. The van der Waals surface area contributed by atoms with Crippen molar-refractivity contribution in [2.75, 3.05) is 19.8 Å². The molecule has 1 fully saturated rings. The standard InChI is InChI=1S/C9H16O3/c1-3-5-9(6-11-7-9)8(10)12-4-2/h3-7H2,1-2H3. The molecule has 3 nitrogen and oxygen atoms in total. The number of hydrogen-bond donors (Lipinski definition) is 0. The van der Waals surface area contributed by atoms with Gasteiger partial charge < -0.3 is 9.47 Å². The van der Waals surface area contributed by atoms with Crippen LogP contribution in [0.5, 0.6) is 0 Å². The normalized spacial score (nSPS) is 19.8. The lowest BCUT2D eigenvalue weighted by Crippen LogP contribution is -2.49. The maximum absolute atomic E-state index is 11.4. The largest absolute Gasteiger partial charge is 0.465 e. The Morgan fingerprint density at radius 1 is 1.50 bits per heavy atom.